The fraction of sp³-hybridized carbons (Fsp3) is 0.194. The van der Waals surface area contributed by atoms with E-state index in [1.807, 2.05) is 30.3 Å². The number of halogens is 1. The summed E-state index contributed by atoms with van der Waals surface area (Å²) in [6.45, 7) is 0. The predicted molar refractivity (Wildman–Crippen MR) is 160 cm³/mol. The van der Waals surface area contributed by atoms with Gasteiger partial charge in [0.15, 0.2) is 0 Å². The first-order valence-corrected chi connectivity index (χ1v) is 14.0. The van der Waals surface area contributed by atoms with E-state index in [9.17, 15) is 19.2 Å². The van der Waals surface area contributed by atoms with Gasteiger partial charge >= 0.3 is 17.8 Å². The first-order chi connectivity index (χ1) is 19.9. The number of carbonyl (C=O) groups is 4. The number of esters is 1. The molecule has 0 bridgehead atoms. The van der Waals surface area contributed by atoms with Crippen LogP contribution in [0.15, 0.2) is 88.4 Å². The number of rotatable bonds is 8. The van der Waals surface area contributed by atoms with Crippen molar-refractivity contribution in [3.8, 4) is 5.75 Å². The van der Waals surface area contributed by atoms with Gasteiger partial charge in [0.05, 0.1) is 17.5 Å². The van der Waals surface area contributed by atoms with Crippen molar-refractivity contribution >= 4 is 57.6 Å². The van der Waals surface area contributed by atoms with Crippen molar-refractivity contribution in [2.75, 3.05) is 5.32 Å². The van der Waals surface area contributed by atoms with E-state index in [0.29, 0.717) is 10.0 Å². The Bertz CT molecular complexity index is 1470. The summed E-state index contributed by atoms with van der Waals surface area (Å²) in [6, 6.07) is 20.8. The van der Waals surface area contributed by atoms with Crippen LogP contribution in [0.25, 0.3) is 6.08 Å². The van der Waals surface area contributed by atoms with Crippen LogP contribution in [0.1, 0.15) is 53.6 Å². The van der Waals surface area contributed by atoms with Gasteiger partial charge in [-0.25, -0.2) is 10.2 Å². The smallest absolute Gasteiger partial charge is 0.336 e. The molecule has 210 valence electrons. The number of nitrogens with zero attached hydrogens (tertiary/aromatic N) is 1. The van der Waals surface area contributed by atoms with Crippen molar-refractivity contribution in [3.05, 3.63) is 100 Å². The van der Waals surface area contributed by atoms with Crippen LogP contribution in [0.3, 0.4) is 0 Å². The first-order valence-electron chi connectivity index (χ1n) is 13.2. The Morgan fingerprint density at radius 3 is 2.39 bits per heavy atom. The number of hydrazone groups is 1. The molecule has 1 saturated carbocycles. The largest absolute Gasteiger partial charge is 0.423 e. The van der Waals surface area contributed by atoms with Gasteiger partial charge in [-0.3, -0.25) is 14.4 Å². The lowest BCUT2D eigenvalue weighted by Crippen LogP contribution is -2.37. The maximum Gasteiger partial charge on any atom is 0.336 e. The number of amides is 3. The lowest BCUT2D eigenvalue weighted by atomic mass is 9.95. The second-order valence-electron chi connectivity index (χ2n) is 9.35. The molecule has 10 heteroatoms. The number of nitrogens with one attached hydrogen (secondary N) is 3. The molecular weight excluding hydrogens is 588 g/mol. The third-order valence-corrected chi connectivity index (χ3v) is 6.82. The maximum absolute atomic E-state index is 12.8. The predicted octanol–water partition coefficient (Wildman–Crippen LogP) is 5.22. The number of hydrogen-bond acceptors (Lipinski definition) is 6. The van der Waals surface area contributed by atoms with E-state index in [2.05, 4.69) is 37.1 Å². The zero-order valence-corrected chi connectivity index (χ0v) is 23.7. The summed E-state index contributed by atoms with van der Waals surface area (Å²) in [5.41, 5.74) is 3.87. The van der Waals surface area contributed by atoms with Crippen LogP contribution < -0.4 is 20.8 Å². The average molecular weight is 617 g/mol. The van der Waals surface area contributed by atoms with Crippen LogP contribution in [0.2, 0.25) is 0 Å². The van der Waals surface area contributed by atoms with Crippen molar-refractivity contribution in [3.63, 3.8) is 0 Å². The fourth-order valence-electron chi connectivity index (χ4n) is 4.27. The molecular formula is C31H29BrN4O5. The fourth-order valence-corrected chi connectivity index (χ4v) is 4.65. The number of ether oxygens (including phenoxy) is 1. The van der Waals surface area contributed by atoms with E-state index in [1.54, 1.807) is 48.5 Å². The van der Waals surface area contributed by atoms with Crippen LogP contribution in [0, 0.1) is 0 Å². The van der Waals surface area contributed by atoms with Gasteiger partial charge in [-0.1, -0.05) is 77.7 Å². The molecule has 0 radical (unpaired) electrons. The highest BCUT2D eigenvalue weighted by Crippen LogP contribution is 2.23. The molecule has 0 aromatic heterocycles. The van der Waals surface area contributed by atoms with Gasteiger partial charge in [0, 0.05) is 22.2 Å². The molecule has 0 unspecified atom stereocenters. The molecule has 41 heavy (non-hydrogen) atoms. The highest BCUT2D eigenvalue weighted by Gasteiger charge is 2.21. The summed E-state index contributed by atoms with van der Waals surface area (Å²) >= 11 is 3.35. The lowest BCUT2D eigenvalue weighted by Gasteiger charge is -2.23. The zero-order valence-electron chi connectivity index (χ0n) is 22.1. The number of benzene rings is 3. The number of hydrogen-bond donors (Lipinski definition) is 3. The van der Waals surface area contributed by atoms with Crippen LogP contribution in [0.5, 0.6) is 5.75 Å². The first kappa shape index (κ1) is 29.4. The summed E-state index contributed by atoms with van der Waals surface area (Å²) in [4.78, 5) is 50.2. The van der Waals surface area contributed by atoms with Crippen molar-refractivity contribution in [2.45, 2.75) is 38.1 Å². The highest BCUT2D eigenvalue weighted by molar-refractivity contribution is 9.10. The molecule has 1 fully saturated rings. The lowest BCUT2D eigenvalue weighted by molar-refractivity contribution is -0.136. The summed E-state index contributed by atoms with van der Waals surface area (Å²) in [5, 5.41) is 9.34. The monoisotopic (exact) mass is 616 g/mol. The summed E-state index contributed by atoms with van der Waals surface area (Å²) < 4.78 is 6.11. The molecule has 0 spiro atoms. The van der Waals surface area contributed by atoms with E-state index < -0.39 is 17.8 Å². The Morgan fingerprint density at radius 1 is 0.878 bits per heavy atom. The van der Waals surface area contributed by atoms with E-state index in [4.69, 9.17) is 4.74 Å². The Labute approximate surface area is 246 Å². The molecule has 1 aliphatic rings. The third-order valence-electron chi connectivity index (χ3n) is 6.33. The molecule has 9 nitrogen and oxygen atoms in total. The van der Waals surface area contributed by atoms with Crippen molar-refractivity contribution < 1.29 is 23.9 Å². The Morgan fingerprint density at radius 2 is 1.61 bits per heavy atom. The molecule has 0 atom stereocenters. The molecule has 0 heterocycles. The average Bonchev–Trinajstić information content (AvgIpc) is 2.98. The molecule has 3 aromatic carbocycles. The van der Waals surface area contributed by atoms with Crippen LogP contribution in [-0.2, 0) is 14.4 Å². The summed E-state index contributed by atoms with van der Waals surface area (Å²) in [6.07, 6.45) is 9.33. The molecule has 0 aliphatic heterocycles. The second kappa shape index (κ2) is 14.7. The molecule has 1 aliphatic carbocycles. The second-order valence-corrected chi connectivity index (χ2v) is 10.3. The highest BCUT2D eigenvalue weighted by atomic mass is 79.9. The molecule has 0 saturated heterocycles. The van der Waals surface area contributed by atoms with E-state index in [0.717, 1.165) is 37.7 Å². The van der Waals surface area contributed by atoms with Gasteiger partial charge in [0.2, 0.25) is 0 Å². The SMILES string of the molecule is O=C(/C=C/c1ccccc1)Oc1ccc(Br)cc1/C=N/NC(=O)C(=O)Nc1ccccc1C(=O)NC1CCCCC1. The minimum Gasteiger partial charge on any atom is -0.423 e. The van der Waals surface area contributed by atoms with Gasteiger partial charge in [-0.05, 0) is 54.8 Å². The quantitative estimate of drug-likeness (QED) is 0.0799. The number of anilines is 1. The van der Waals surface area contributed by atoms with Gasteiger partial charge in [0.25, 0.3) is 5.91 Å². The number of para-hydroxylation sites is 1. The van der Waals surface area contributed by atoms with Gasteiger partial charge in [-0.15, -0.1) is 0 Å². The number of carbonyl (C=O) groups excluding carboxylic acids is 4. The van der Waals surface area contributed by atoms with Crippen LogP contribution in [0.4, 0.5) is 5.69 Å². The third kappa shape index (κ3) is 8.97. The van der Waals surface area contributed by atoms with Crippen molar-refractivity contribution in [1.82, 2.24) is 10.7 Å². The van der Waals surface area contributed by atoms with E-state index in [1.165, 1.54) is 12.3 Å². The molecule has 3 N–H and O–H groups in total. The van der Waals surface area contributed by atoms with Gasteiger partial charge < -0.3 is 15.4 Å². The van der Waals surface area contributed by atoms with Crippen molar-refractivity contribution in [2.24, 2.45) is 5.10 Å². The zero-order chi connectivity index (χ0) is 29.0. The van der Waals surface area contributed by atoms with Gasteiger partial charge in [-0.2, -0.15) is 5.10 Å². The minimum atomic E-state index is -1.04. The summed E-state index contributed by atoms with van der Waals surface area (Å²) in [7, 11) is 0. The topological polar surface area (TPSA) is 126 Å². The van der Waals surface area contributed by atoms with E-state index in [-0.39, 0.29) is 28.9 Å². The van der Waals surface area contributed by atoms with Gasteiger partial charge in [0.1, 0.15) is 5.75 Å². The summed E-state index contributed by atoms with van der Waals surface area (Å²) in [5.74, 6) is -2.73. The maximum atomic E-state index is 12.8. The Balaban J connectivity index is 1.35. The van der Waals surface area contributed by atoms with Crippen molar-refractivity contribution in [1.29, 1.82) is 0 Å². The normalized spacial score (nSPS) is 13.6. The van der Waals surface area contributed by atoms with E-state index >= 15 is 0 Å². The molecule has 3 aromatic rings. The molecule has 3 amide bonds. The Kier molecular flexibility index (Phi) is 10.6. The molecule has 4 rings (SSSR count). The standard InChI is InChI=1S/C31H29BrN4O5/c32-23-16-17-27(41-28(37)18-15-21-9-3-1-4-10-21)22(19-23)20-33-36-31(40)30(39)35-26-14-8-7-13-25(26)29(38)34-24-11-5-2-6-12-24/h1,3-4,7-10,13-20,24H,2,5-6,11-12H2,(H,34,38)(H,35,39)(H,36,40)/b18-15+,33-20+. The van der Waals surface area contributed by atoms with Crippen LogP contribution in [-0.4, -0.2) is 35.9 Å². The Hall–Kier alpha value is -4.57. The minimum absolute atomic E-state index is 0.0970. The van der Waals surface area contributed by atoms with Crippen LogP contribution >= 0.6 is 15.9 Å².